The molecule has 0 radical (unpaired) electrons. The lowest BCUT2D eigenvalue weighted by Crippen LogP contribution is -2.67. The number of aromatic nitrogens is 1. The third-order valence-corrected chi connectivity index (χ3v) is 10.4. The highest BCUT2D eigenvalue weighted by Crippen LogP contribution is 2.59. The third kappa shape index (κ3) is 4.02. The van der Waals surface area contributed by atoms with Gasteiger partial charge in [-0.15, -0.1) is 0 Å². The van der Waals surface area contributed by atoms with Gasteiger partial charge in [-0.1, -0.05) is 24.3 Å². The van der Waals surface area contributed by atoms with E-state index in [1.54, 1.807) is 6.20 Å². The zero-order valence-electron chi connectivity index (χ0n) is 21.5. The van der Waals surface area contributed by atoms with Gasteiger partial charge in [0.2, 0.25) is 0 Å². The number of aliphatic hydroxyl groups is 1. The van der Waals surface area contributed by atoms with Crippen molar-refractivity contribution in [3.05, 3.63) is 53.9 Å². The van der Waals surface area contributed by atoms with E-state index in [4.69, 9.17) is 10.5 Å². The molecule has 7 nitrogen and oxygen atoms in total. The van der Waals surface area contributed by atoms with Crippen molar-refractivity contribution < 1.29 is 14.6 Å². The molecule has 3 heterocycles. The molecule has 4 N–H and O–H groups in total. The molecule has 7 heteroatoms. The molecule has 2 saturated heterocycles. The summed E-state index contributed by atoms with van der Waals surface area (Å²) < 4.78 is 5.57. The molecule has 4 saturated carbocycles. The average molecular weight is 503 g/mol. The van der Waals surface area contributed by atoms with Crippen LogP contribution in [0.5, 0.6) is 0 Å². The minimum atomic E-state index is -0.762. The third-order valence-electron chi connectivity index (χ3n) is 10.4. The molecule has 1 aromatic carbocycles. The summed E-state index contributed by atoms with van der Waals surface area (Å²) >= 11 is 0. The molecule has 0 spiro atoms. The number of likely N-dealkylation sites (tertiary alicyclic amines) is 1. The van der Waals surface area contributed by atoms with E-state index in [0.29, 0.717) is 36.3 Å². The number of piperidine rings is 1. The van der Waals surface area contributed by atoms with Crippen molar-refractivity contribution in [2.24, 2.45) is 11.7 Å². The number of nitrogens with one attached hydrogen (secondary N) is 1. The van der Waals surface area contributed by atoms with Crippen LogP contribution in [0.25, 0.3) is 11.1 Å². The maximum absolute atomic E-state index is 13.2. The van der Waals surface area contributed by atoms with Gasteiger partial charge in [0.15, 0.2) is 0 Å². The Morgan fingerprint density at radius 1 is 1.05 bits per heavy atom. The van der Waals surface area contributed by atoms with Crippen molar-refractivity contribution in [3.63, 3.8) is 0 Å². The monoisotopic (exact) mass is 502 g/mol. The normalized spacial score (nSPS) is 37.4. The molecule has 6 fully saturated rings. The predicted octanol–water partition coefficient (Wildman–Crippen LogP) is 3.01. The zero-order chi connectivity index (χ0) is 25.3. The molecule has 1 aromatic heterocycles. The van der Waals surface area contributed by atoms with Gasteiger partial charge in [-0.2, -0.15) is 0 Å². The van der Waals surface area contributed by atoms with Crippen LogP contribution < -0.4 is 11.1 Å². The number of amides is 1. The number of nitrogens with zero attached hydrogens (tertiary/aromatic N) is 2. The molecule has 37 heavy (non-hydrogen) atoms. The Morgan fingerprint density at radius 2 is 1.81 bits per heavy atom. The lowest BCUT2D eigenvalue weighted by molar-refractivity contribution is -0.0860. The Labute approximate surface area is 218 Å². The van der Waals surface area contributed by atoms with E-state index < -0.39 is 5.60 Å². The van der Waals surface area contributed by atoms with Gasteiger partial charge in [0.05, 0.1) is 11.2 Å². The smallest absolute Gasteiger partial charge is 0.253 e. The van der Waals surface area contributed by atoms with Gasteiger partial charge in [0.25, 0.3) is 5.91 Å². The van der Waals surface area contributed by atoms with E-state index in [1.807, 2.05) is 12.3 Å². The quantitative estimate of drug-likeness (QED) is 0.581. The molecule has 1 unspecified atom stereocenters. The Kier molecular flexibility index (Phi) is 5.52. The number of carbonyl (C=O) groups excluding carboxylic acids is 1. The standard InChI is InChI=1S/C30H38N4O3/c31-26-15-28(7-9-30(26,36)10-8-28)33-27(35)22-13-21(16-32-17-22)20-1-3-23(4-2-20)29-14-24(29)18-34(19-29)25-5-11-37-12-6-25/h1-4,13,16-17,24-26,36H,5-12,14-15,18-19,31H2,(H,33,35)/t24-,26?,28?,29+,30?/m1/s1. The predicted molar refractivity (Wildman–Crippen MR) is 141 cm³/mol. The second-order valence-corrected chi connectivity index (χ2v) is 12.5. The highest BCUT2D eigenvalue weighted by molar-refractivity contribution is 5.95. The van der Waals surface area contributed by atoms with Crippen molar-refractivity contribution in [2.75, 3.05) is 26.3 Å². The maximum atomic E-state index is 13.2. The van der Waals surface area contributed by atoms with Gasteiger partial charge in [0.1, 0.15) is 0 Å². The van der Waals surface area contributed by atoms with E-state index in [9.17, 15) is 9.90 Å². The van der Waals surface area contributed by atoms with Gasteiger partial charge < -0.3 is 20.9 Å². The molecule has 2 aliphatic heterocycles. The van der Waals surface area contributed by atoms with Crippen molar-refractivity contribution >= 4 is 5.91 Å². The lowest BCUT2D eigenvalue weighted by atomic mass is 9.61. The van der Waals surface area contributed by atoms with Gasteiger partial charge in [-0.3, -0.25) is 14.7 Å². The van der Waals surface area contributed by atoms with Crippen LogP contribution in [0.1, 0.15) is 67.3 Å². The van der Waals surface area contributed by atoms with E-state index in [0.717, 1.165) is 55.9 Å². The second-order valence-electron chi connectivity index (χ2n) is 12.5. The minimum Gasteiger partial charge on any atom is -0.388 e. The highest BCUT2D eigenvalue weighted by atomic mass is 16.5. The highest BCUT2D eigenvalue weighted by Gasteiger charge is 2.61. The van der Waals surface area contributed by atoms with Gasteiger partial charge in [-0.05, 0) is 74.5 Å². The minimum absolute atomic E-state index is 0.107. The number of nitrogens with two attached hydrogens (primary N) is 1. The molecule has 6 aliphatic rings. The average Bonchev–Trinajstić information content (AvgIpc) is 3.50. The molecule has 2 bridgehead atoms. The number of fused-ring (bicyclic) bond motifs is 4. The molecule has 196 valence electrons. The number of hydrogen-bond donors (Lipinski definition) is 3. The topological polar surface area (TPSA) is 101 Å². The van der Waals surface area contributed by atoms with Crippen LogP contribution in [0.4, 0.5) is 0 Å². The van der Waals surface area contributed by atoms with Crippen LogP contribution in [0.2, 0.25) is 0 Å². The van der Waals surface area contributed by atoms with Gasteiger partial charge >= 0.3 is 0 Å². The number of carbonyl (C=O) groups is 1. The maximum Gasteiger partial charge on any atom is 0.253 e. The Hall–Kier alpha value is -2.32. The first kappa shape index (κ1) is 23.8. The van der Waals surface area contributed by atoms with Crippen LogP contribution in [0.15, 0.2) is 42.7 Å². The molecular weight excluding hydrogens is 464 g/mol. The second kappa shape index (κ2) is 8.60. The van der Waals surface area contributed by atoms with Crippen LogP contribution in [-0.4, -0.2) is 70.4 Å². The van der Waals surface area contributed by atoms with Crippen LogP contribution in [-0.2, 0) is 10.2 Å². The van der Waals surface area contributed by atoms with E-state index in [2.05, 4.69) is 39.5 Å². The number of rotatable bonds is 5. The molecule has 3 atom stereocenters. The van der Waals surface area contributed by atoms with E-state index >= 15 is 0 Å². The van der Waals surface area contributed by atoms with Crippen LogP contribution in [0, 0.1) is 5.92 Å². The Morgan fingerprint density at radius 3 is 2.54 bits per heavy atom. The SMILES string of the molecule is NC1CC2(NC(=O)c3cncc(-c4ccc([C@@]56C[C@@H]5CN(C5CCOCC5)C6)cc4)c3)CCC1(O)CC2. The Balaban J connectivity index is 1.04. The number of benzene rings is 1. The van der Waals surface area contributed by atoms with E-state index in [1.165, 1.54) is 25.1 Å². The fourth-order valence-corrected chi connectivity index (χ4v) is 7.85. The van der Waals surface area contributed by atoms with Crippen molar-refractivity contribution in [1.82, 2.24) is 15.2 Å². The lowest BCUT2D eigenvalue weighted by Gasteiger charge is -2.54. The summed E-state index contributed by atoms with van der Waals surface area (Å²) in [5.74, 6) is 0.669. The van der Waals surface area contributed by atoms with Crippen molar-refractivity contribution in [3.8, 4) is 11.1 Å². The first-order chi connectivity index (χ1) is 17.9. The van der Waals surface area contributed by atoms with Crippen molar-refractivity contribution in [2.45, 2.75) is 80.0 Å². The summed E-state index contributed by atoms with van der Waals surface area (Å²) in [5, 5.41) is 13.9. The summed E-state index contributed by atoms with van der Waals surface area (Å²) in [6, 6.07) is 11.3. The fraction of sp³-hybridized carbons (Fsp3) is 0.600. The van der Waals surface area contributed by atoms with Gasteiger partial charge in [-0.25, -0.2) is 0 Å². The first-order valence-corrected chi connectivity index (χ1v) is 14.1. The zero-order valence-corrected chi connectivity index (χ0v) is 21.5. The summed E-state index contributed by atoms with van der Waals surface area (Å²) in [5.41, 5.74) is 9.54. The first-order valence-electron chi connectivity index (χ1n) is 14.1. The summed E-state index contributed by atoms with van der Waals surface area (Å²) in [4.78, 5) is 20.3. The molecule has 8 rings (SSSR count). The van der Waals surface area contributed by atoms with Crippen LogP contribution >= 0.6 is 0 Å². The summed E-state index contributed by atoms with van der Waals surface area (Å²) in [7, 11) is 0. The molecule has 2 aromatic rings. The fourth-order valence-electron chi connectivity index (χ4n) is 7.85. The van der Waals surface area contributed by atoms with Gasteiger partial charge in [0, 0.05) is 67.3 Å². The number of pyridine rings is 1. The van der Waals surface area contributed by atoms with Crippen LogP contribution in [0.3, 0.4) is 0 Å². The van der Waals surface area contributed by atoms with Crippen molar-refractivity contribution in [1.29, 1.82) is 0 Å². The largest absolute Gasteiger partial charge is 0.388 e. The number of hydrogen-bond acceptors (Lipinski definition) is 6. The summed E-state index contributed by atoms with van der Waals surface area (Å²) in [6.07, 6.45) is 10.6. The molecular formula is C30H38N4O3. The molecule has 4 aliphatic carbocycles. The van der Waals surface area contributed by atoms with E-state index in [-0.39, 0.29) is 17.5 Å². The Bertz CT molecular complexity index is 1190. The molecule has 1 amide bonds. The number of ether oxygens (including phenoxy) is 1. The summed E-state index contributed by atoms with van der Waals surface area (Å²) in [6.45, 7) is 4.19.